The molecule has 5 heteroatoms. The zero-order valence-electron chi connectivity index (χ0n) is 12.0. The van der Waals surface area contributed by atoms with Crippen LogP contribution in [0.25, 0.3) is 0 Å². The van der Waals surface area contributed by atoms with Crippen molar-refractivity contribution in [1.82, 2.24) is 16.0 Å². The fourth-order valence-electron chi connectivity index (χ4n) is 2.21. The summed E-state index contributed by atoms with van der Waals surface area (Å²) in [5, 5.41) is 8.73. The highest BCUT2D eigenvalue weighted by Crippen LogP contribution is 2.03. The highest BCUT2D eigenvalue weighted by molar-refractivity contribution is 5.94. The Labute approximate surface area is 115 Å². The highest BCUT2D eigenvalue weighted by Gasteiger charge is 2.24. The van der Waals surface area contributed by atoms with Gasteiger partial charge in [-0.1, -0.05) is 26.2 Å². The Bertz CT molecular complexity index is 282. The number of hydrogen-bond donors (Lipinski definition) is 3. The first kappa shape index (κ1) is 16.0. The van der Waals surface area contributed by atoms with Crippen LogP contribution in [0, 0.1) is 0 Å². The minimum absolute atomic E-state index is 0.0490. The summed E-state index contributed by atoms with van der Waals surface area (Å²) in [6.45, 7) is 4.41. The van der Waals surface area contributed by atoms with Crippen molar-refractivity contribution in [3.63, 3.8) is 0 Å². The van der Waals surface area contributed by atoms with Crippen LogP contribution in [-0.4, -0.2) is 37.5 Å². The van der Waals surface area contributed by atoms with E-state index in [1.165, 1.54) is 25.7 Å². The Balaban J connectivity index is 1.92. The van der Waals surface area contributed by atoms with Crippen LogP contribution in [0.5, 0.6) is 0 Å². The maximum atomic E-state index is 11.5. The maximum Gasteiger partial charge on any atom is 0.243 e. The van der Waals surface area contributed by atoms with Crippen molar-refractivity contribution in [2.24, 2.45) is 0 Å². The normalized spacial score (nSPS) is 19.1. The molecule has 0 spiro atoms. The molecule has 1 rings (SSSR count). The molecule has 0 aromatic heterocycles. The van der Waals surface area contributed by atoms with Gasteiger partial charge in [0.1, 0.15) is 6.04 Å². The average Bonchev–Trinajstić information content (AvgIpc) is 2.40. The van der Waals surface area contributed by atoms with E-state index in [9.17, 15) is 9.59 Å². The van der Waals surface area contributed by atoms with E-state index in [2.05, 4.69) is 22.9 Å². The van der Waals surface area contributed by atoms with Crippen LogP contribution in [0.4, 0.5) is 0 Å². The number of carbonyl (C=O) groups excluding carboxylic acids is 2. The number of piperazine rings is 1. The van der Waals surface area contributed by atoms with Crippen molar-refractivity contribution in [2.75, 3.05) is 19.6 Å². The molecule has 3 N–H and O–H groups in total. The van der Waals surface area contributed by atoms with Gasteiger partial charge in [0.05, 0.1) is 6.54 Å². The molecule has 1 fully saturated rings. The van der Waals surface area contributed by atoms with E-state index < -0.39 is 0 Å². The van der Waals surface area contributed by atoms with Crippen LogP contribution in [-0.2, 0) is 9.59 Å². The lowest BCUT2D eigenvalue weighted by molar-refractivity contribution is -0.133. The fourth-order valence-corrected chi connectivity index (χ4v) is 2.21. The maximum absolute atomic E-state index is 11.5. The van der Waals surface area contributed by atoms with Crippen LogP contribution < -0.4 is 16.0 Å². The molecule has 1 aliphatic heterocycles. The van der Waals surface area contributed by atoms with E-state index >= 15 is 0 Å². The van der Waals surface area contributed by atoms with E-state index in [1.54, 1.807) is 0 Å². The lowest BCUT2D eigenvalue weighted by Gasteiger charge is -2.22. The molecule has 0 aliphatic carbocycles. The molecule has 0 saturated carbocycles. The van der Waals surface area contributed by atoms with Crippen molar-refractivity contribution in [3.8, 4) is 0 Å². The van der Waals surface area contributed by atoms with Crippen molar-refractivity contribution in [3.05, 3.63) is 0 Å². The Hall–Kier alpha value is -1.10. The Morgan fingerprint density at radius 3 is 2.58 bits per heavy atom. The quantitative estimate of drug-likeness (QED) is 0.517. The van der Waals surface area contributed by atoms with Gasteiger partial charge in [0, 0.05) is 0 Å². The van der Waals surface area contributed by atoms with Gasteiger partial charge in [0.25, 0.3) is 0 Å². The molecular formula is C14H27N3O2. The monoisotopic (exact) mass is 269 g/mol. The minimum Gasteiger partial charge on any atom is -0.345 e. The van der Waals surface area contributed by atoms with E-state index in [0.717, 1.165) is 32.4 Å². The van der Waals surface area contributed by atoms with Crippen LogP contribution in [0.2, 0.25) is 0 Å². The van der Waals surface area contributed by atoms with Gasteiger partial charge >= 0.3 is 0 Å². The molecule has 0 bridgehead atoms. The molecule has 5 nitrogen and oxygen atoms in total. The number of carbonyl (C=O) groups is 2. The van der Waals surface area contributed by atoms with Crippen LogP contribution in [0.15, 0.2) is 0 Å². The van der Waals surface area contributed by atoms with Crippen molar-refractivity contribution in [1.29, 1.82) is 0 Å². The van der Waals surface area contributed by atoms with E-state index in [-0.39, 0.29) is 24.4 Å². The predicted octanol–water partition coefficient (Wildman–Crippen LogP) is 0.941. The summed E-state index contributed by atoms with van der Waals surface area (Å²) in [6.07, 6.45) is 7.88. The minimum atomic E-state index is -0.328. The summed E-state index contributed by atoms with van der Waals surface area (Å²) in [5.41, 5.74) is 0. The van der Waals surface area contributed by atoms with Gasteiger partial charge in [-0.3, -0.25) is 9.59 Å². The molecule has 0 radical (unpaired) electrons. The summed E-state index contributed by atoms with van der Waals surface area (Å²) < 4.78 is 0. The standard InChI is InChI=1S/C14H27N3O2/c1-2-3-4-6-9-15-10-7-5-8-12-14(19)16-11-13(18)17-12/h12,15H,2-11H2,1H3,(H,16,19)(H,17,18)/t12-/m0/s1. The summed E-state index contributed by atoms with van der Waals surface area (Å²) in [5.74, 6) is -0.134. The molecule has 0 aromatic rings. The molecule has 1 atom stereocenters. The number of amides is 2. The summed E-state index contributed by atoms with van der Waals surface area (Å²) in [6, 6.07) is -0.328. The number of unbranched alkanes of at least 4 members (excludes halogenated alkanes) is 4. The molecule has 1 saturated heterocycles. The second-order valence-electron chi connectivity index (χ2n) is 5.14. The largest absolute Gasteiger partial charge is 0.345 e. The first-order valence-corrected chi connectivity index (χ1v) is 7.52. The van der Waals surface area contributed by atoms with Gasteiger partial charge in [-0.2, -0.15) is 0 Å². The Kier molecular flexibility index (Phi) is 8.21. The van der Waals surface area contributed by atoms with Crippen molar-refractivity contribution < 1.29 is 9.59 Å². The van der Waals surface area contributed by atoms with E-state index in [4.69, 9.17) is 0 Å². The van der Waals surface area contributed by atoms with E-state index in [0.29, 0.717) is 0 Å². The van der Waals surface area contributed by atoms with Gasteiger partial charge in [0.15, 0.2) is 0 Å². The summed E-state index contributed by atoms with van der Waals surface area (Å²) in [4.78, 5) is 22.6. The second kappa shape index (κ2) is 9.78. The first-order valence-electron chi connectivity index (χ1n) is 7.52. The van der Waals surface area contributed by atoms with Gasteiger partial charge in [-0.15, -0.1) is 0 Å². The smallest absolute Gasteiger partial charge is 0.243 e. The first-order chi connectivity index (χ1) is 9.24. The third-order valence-electron chi connectivity index (χ3n) is 3.38. The zero-order valence-corrected chi connectivity index (χ0v) is 12.0. The molecule has 0 aromatic carbocycles. The van der Waals surface area contributed by atoms with Crippen LogP contribution in [0.3, 0.4) is 0 Å². The molecule has 2 amide bonds. The number of rotatable bonds is 10. The lowest BCUT2D eigenvalue weighted by Crippen LogP contribution is -2.56. The van der Waals surface area contributed by atoms with Gasteiger partial charge in [-0.05, 0) is 38.8 Å². The summed E-state index contributed by atoms with van der Waals surface area (Å²) >= 11 is 0. The Morgan fingerprint density at radius 1 is 1.11 bits per heavy atom. The average molecular weight is 269 g/mol. The third-order valence-corrected chi connectivity index (χ3v) is 3.38. The SMILES string of the molecule is CCCCCCNCCCC[C@@H]1NC(=O)CNC1=O. The second-order valence-corrected chi connectivity index (χ2v) is 5.14. The third kappa shape index (κ3) is 7.15. The molecular weight excluding hydrogens is 242 g/mol. The number of nitrogens with one attached hydrogen (secondary N) is 3. The summed E-state index contributed by atoms with van der Waals surface area (Å²) in [7, 11) is 0. The van der Waals surface area contributed by atoms with Gasteiger partial charge < -0.3 is 16.0 Å². The zero-order chi connectivity index (χ0) is 13.9. The van der Waals surface area contributed by atoms with Crippen molar-refractivity contribution in [2.45, 2.75) is 57.9 Å². The fraction of sp³-hybridized carbons (Fsp3) is 0.857. The highest BCUT2D eigenvalue weighted by atomic mass is 16.2. The molecule has 19 heavy (non-hydrogen) atoms. The lowest BCUT2D eigenvalue weighted by atomic mass is 10.1. The Morgan fingerprint density at radius 2 is 1.84 bits per heavy atom. The van der Waals surface area contributed by atoms with Crippen LogP contribution in [0.1, 0.15) is 51.9 Å². The van der Waals surface area contributed by atoms with Gasteiger partial charge in [0.2, 0.25) is 11.8 Å². The molecule has 1 aliphatic rings. The topological polar surface area (TPSA) is 70.2 Å². The predicted molar refractivity (Wildman–Crippen MR) is 75.8 cm³/mol. The molecule has 1 heterocycles. The van der Waals surface area contributed by atoms with Gasteiger partial charge in [-0.25, -0.2) is 0 Å². The molecule has 110 valence electrons. The van der Waals surface area contributed by atoms with Crippen molar-refractivity contribution >= 4 is 11.8 Å². The van der Waals surface area contributed by atoms with Crippen LogP contribution >= 0.6 is 0 Å². The number of hydrogen-bond acceptors (Lipinski definition) is 3. The molecule has 0 unspecified atom stereocenters. The van der Waals surface area contributed by atoms with E-state index in [1.807, 2.05) is 0 Å².